The van der Waals surface area contributed by atoms with E-state index in [0.717, 1.165) is 24.0 Å². The van der Waals surface area contributed by atoms with Crippen molar-refractivity contribution in [2.75, 3.05) is 0 Å². The van der Waals surface area contributed by atoms with E-state index in [4.69, 9.17) is 0 Å². The Balaban J connectivity index is 2.84. The number of benzene rings is 1. The number of Topliss-reactive ketones (excluding diaryl/α,β-unsaturated/α-hetero) is 1. The van der Waals surface area contributed by atoms with E-state index in [0.29, 0.717) is 18.1 Å². The number of ketones is 1. The van der Waals surface area contributed by atoms with E-state index in [1.165, 1.54) is 5.56 Å². The van der Waals surface area contributed by atoms with Crippen LogP contribution in [0.1, 0.15) is 54.6 Å². The zero-order valence-corrected chi connectivity index (χ0v) is 10.8. The molecule has 0 radical (unpaired) electrons. The molecule has 0 aromatic heterocycles. The van der Waals surface area contributed by atoms with Crippen molar-refractivity contribution in [3.8, 4) is 0 Å². The molecule has 1 aromatic rings. The Kier molecular flexibility index (Phi) is 4.72. The molecule has 1 rings (SSSR count). The summed E-state index contributed by atoms with van der Waals surface area (Å²) in [6, 6.07) is 5.98. The van der Waals surface area contributed by atoms with Crippen molar-refractivity contribution < 1.29 is 4.79 Å². The average Bonchev–Trinajstić information content (AvgIpc) is 2.29. The number of aryl methyl sites for hydroxylation is 1. The number of carbonyl (C=O) groups is 1. The van der Waals surface area contributed by atoms with Crippen LogP contribution in [-0.2, 0) is 0 Å². The van der Waals surface area contributed by atoms with Gasteiger partial charge in [0.15, 0.2) is 5.78 Å². The lowest BCUT2D eigenvalue weighted by atomic mass is 9.91. The van der Waals surface area contributed by atoms with E-state index in [9.17, 15) is 4.79 Å². The minimum Gasteiger partial charge on any atom is -0.294 e. The molecule has 0 aliphatic rings. The summed E-state index contributed by atoms with van der Waals surface area (Å²) in [6.07, 6.45) is 2.87. The van der Waals surface area contributed by atoms with Crippen molar-refractivity contribution in [3.05, 3.63) is 34.9 Å². The van der Waals surface area contributed by atoms with E-state index in [2.05, 4.69) is 26.8 Å². The third kappa shape index (κ3) is 2.94. The zero-order valence-electron chi connectivity index (χ0n) is 10.8. The Morgan fingerprint density at radius 3 is 2.38 bits per heavy atom. The van der Waals surface area contributed by atoms with Crippen molar-refractivity contribution in [1.82, 2.24) is 0 Å². The summed E-state index contributed by atoms with van der Waals surface area (Å²) in [5.74, 6) is 0.835. The fourth-order valence-electron chi connectivity index (χ4n) is 2.00. The third-order valence-corrected chi connectivity index (χ3v) is 3.53. The fourth-order valence-corrected chi connectivity index (χ4v) is 2.00. The van der Waals surface area contributed by atoms with Gasteiger partial charge in [-0.25, -0.2) is 0 Å². The first-order valence-electron chi connectivity index (χ1n) is 6.19. The maximum atomic E-state index is 12.1. The average molecular weight is 218 g/mol. The Labute approximate surface area is 98.9 Å². The Bertz CT molecular complexity index is 362. The van der Waals surface area contributed by atoms with Crippen LogP contribution in [-0.4, -0.2) is 5.78 Å². The molecule has 0 atom stereocenters. The zero-order chi connectivity index (χ0) is 12.1. The second kappa shape index (κ2) is 5.83. The molecule has 1 nitrogen and oxygen atoms in total. The number of carbonyl (C=O) groups excluding carboxylic acids is 1. The quantitative estimate of drug-likeness (QED) is 0.673. The molecule has 0 saturated heterocycles. The standard InChI is InChI=1S/C15H22O/c1-5-13(6-2)10-15(16)14-9-7-8-11(3)12(14)4/h7-9,13H,5-6,10H2,1-4H3. The van der Waals surface area contributed by atoms with Crippen molar-refractivity contribution >= 4 is 5.78 Å². The van der Waals surface area contributed by atoms with E-state index >= 15 is 0 Å². The highest BCUT2D eigenvalue weighted by atomic mass is 16.1. The lowest BCUT2D eigenvalue weighted by Crippen LogP contribution is -2.09. The summed E-state index contributed by atoms with van der Waals surface area (Å²) >= 11 is 0. The van der Waals surface area contributed by atoms with Crippen LogP contribution >= 0.6 is 0 Å². The molecule has 0 bridgehead atoms. The molecule has 1 aromatic carbocycles. The lowest BCUT2D eigenvalue weighted by molar-refractivity contribution is 0.0958. The summed E-state index contributed by atoms with van der Waals surface area (Å²) in [5, 5.41) is 0. The van der Waals surface area contributed by atoms with Gasteiger partial charge in [0, 0.05) is 12.0 Å². The summed E-state index contributed by atoms with van der Waals surface area (Å²) in [4.78, 5) is 12.1. The van der Waals surface area contributed by atoms with Crippen LogP contribution in [0.3, 0.4) is 0 Å². The maximum absolute atomic E-state index is 12.1. The summed E-state index contributed by atoms with van der Waals surface area (Å²) in [6.45, 7) is 8.41. The highest BCUT2D eigenvalue weighted by Gasteiger charge is 2.14. The number of hydrogen-bond donors (Lipinski definition) is 0. The van der Waals surface area contributed by atoms with Gasteiger partial charge in [0.25, 0.3) is 0 Å². The van der Waals surface area contributed by atoms with E-state index in [-0.39, 0.29) is 0 Å². The van der Waals surface area contributed by atoms with Crippen LogP contribution in [0.4, 0.5) is 0 Å². The molecule has 0 aliphatic carbocycles. The van der Waals surface area contributed by atoms with Gasteiger partial charge in [0.2, 0.25) is 0 Å². The second-order valence-electron chi connectivity index (χ2n) is 4.56. The molecular formula is C15H22O. The molecule has 1 heteroatoms. The Morgan fingerprint density at radius 1 is 1.19 bits per heavy atom. The minimum absolute atomic E-state index is 0.301. The molecule has 0 N–H and O–H groups in total. The molecule has 0 spiro atoms. The van der Waals surface area contributed by atoms with Crippen LogP contribution in [0, 0.1) is 19.8 Å². The topological polar surface area (TPSA) is 17.1 Å². The van der Waals surface area contributed by atoms with Gasteiger partial charge in [-0.3, -0.25) is 4.79 Å². The Morgan fingerprint density at radius 2 is 1.81 bits per heavy atom. The maximum Gasteiger partial charge on any atom is 0.163 e. The van der Waals surface area contributed by atoms with Crippen molar-refractivity contribution in [1.29, 1.82) is 0 Å². The molecule has 88 valence electrons. The van der Waals surface area contributed by atoms with Gasteiger partial charge >= 0.3 is 0 Å². The summed E-state index contributed by atoms with van der Waals surface area (Å²) in [7, 11) is 0. The number of rotatable bonds is 5. The Hall–Kier alpha value is -1.11. The predicted octanol–water partition coefficient (Wildman–Crippen LogP) is 4.31. The van der Waals surface area contributed by atoms with Crippen LogP contribution in [0.15, 0.2) is 18.2 Å². The van der Waals surface area contributed by atoms with E-state index in [1.54, 1.807) is 0 Å². The van der Waals surface area contributed by atoms with Gasteiger partial charge in [-0.1, -0.05) is 44.9 Å². The molecule has 0 unspecified atom stereocenters. The lowest BCUT2D eigenvalue weighted by Gasteiger charge is -2.13. The molecule has 0 saturated carbocycles. The minimum atomic E-state index is 0.301. The monoisotopic (exact) mass is 218 g/mol. The SMILES string of the molecule is CCC(CC)CC(=O)c1cccc(C)c1C. The van der Waals surface area contributed by atoms with Crippen molar-refractivity contribution in [2.24, 2.45) is 5.92 Å². The van der Waals surface area contributed by atoms with E-state index in [1.807, 2.05) is 19.1 Å². The molecule has 16 heavy (non-hydrogen) atoms. The normalized spacial score (nSPS) is 10.8. The highest BCUT2D eigenvalue weighted by Crippen LogP contribution is 2.20. The van der Waals surface area contributed by atoms with Crippen molar-refractivity contribution in [3.63, 3.8) is 0 Å². The van der Waals surface area contributed by atoms with Crippen LogP contribution in [0.2, 0.25) is 0 Å². The van der Waals surface area contributed by atoms with Gasteiger partial charge in [0.05, 0.1) is 0 Å². The van der Waals surface area contributed by atoms with E-state index < -0.39 is 0 Å². The third-order valence-electron chi connectivity index (χ3n) is 3.53. The first-order valence-corrected chi connectivity index (χ1v) is 6.19. The van der Waals surface area contributed by atoms with Crippen LogP contribution in [0.5, 0.6) is 0 Å². The first kappa shape index (κ1) is 13.0. The highest BCUT2D eigenvalue weighted by molar-refractivity contribution is 5.97. The van der Waals surface area contributed by atoms with Gasteiger partial charge in [0.1, 0.15) is 0 Å². The largest absolute Gasteiger partial charge is 0.294 e. The fraction of sp³-hybridized carbons (Fsp3) is 0.533. The van der Waals surface area contributed by atoms with Gasteiger partial charge in [-0.05, 0) is 30.9 Å². The van der Waals surface area contributed by atoms with Crippen molar-refractivity contribution in [2.45, 2.75) is 47.0 Å². The summed E-state index contributed by atoms with van der Waals surface area (Å²) in [5.41, 5.74) is 3.25. The van der Waals surface area contributed by atoms with Crippen LogP contribution < -0.4 is 0 Å². The smallest absolute Gasteiger partial charge is 0.163 e. The molecule has 0 heterocycles. The molecule has 0 fully saturated rings. The van der Waals surface area contributed by atoms with Crippen LogP contribution in [0.25, 0.3) is 0 Å². The first-order chi connectivity index (χ1) is 7.60. The van der Waals surface area contributed by atoms with Gasteiger partial charge < -0.3 is 0 Å². The molecule has 0 amide bonds. The predicted molar refractivity (Wildman–Crippen MR) is 68.9 cm³/mol. The van der Waals surface area contributed by atoms with Gasteiger partial charge in [-0.2, -0.15) is 0 Å². The second-order valence-corrected chi connectivity index (χ2v) is 4.56. The molecule has 0 aliphatic heterocycles. The number of hydrogen-bond acceptors (Lipinski definition) is 1. The van der Waals surface area contributed by atoms with Gasteiger partial charge in [-0.15, -0.1) is 0 Å². The summed E-state index contributed by atoms with van der Waals surface area (Å²) < 4.78 is 0. The molecular weight excluding hydrogens is 196 g/mol.